The van der Waals surface area contributed by atoms with Gasteiger partial charge in [0.1, 0.15) is 0 Å². The molecule has 0 aliphatic rings. The lowest BCUT2D eigenvalue weighted by atomic mass is 10.0. The van der Waals surface area contributed by atoms with Crippen molar-refractivity contribution in [3.8, 4) is 11.5 Å². The number of carbonyl (C=O) groups excluding carboxylic acids is 1. The van der Waals surface area contributed by atoms with Crippen molar-refractivity contribution in [2.24, 2.45) is 0 Å². The number of hydrogen-bond acceptors (Lipinski definition) is 3. The van der Waals surface area contributed by atoms with Gasteiger partial charge in [-0.3, -0.25) is 4.79 Å². The summed E-state index contributed by atoms with van der Waals surface area (Å²) < 4.78 is 10.2. The van der Waals surface area contributed by atoms with Crippen LogP contribution in [0.2, 0.25) is 0 Å². The van der Waals surface area contributed by atoms with Gasteiger partial charge in [0.2, 0.25) is 0 Å². The molecule has 0 heterocycles. The van der Waals surface area contributed by atoms with E-state index in [4.69, 9.17) is 9.47 Å². The molecule has 0 bridgehead atoms. The van der Waals surface area contributed by atoms with Gasteiger partial charge >= 0.3 is 5.97 Å². The van der Waals surface area contributed by atoms with Crippen molar-refractivity contribution < 1.29 is 14.3 Å². The number of benzene rings is 1. The molecule has 0 aromatic heterocycles. The highest BCUT2D eigenvalue weighted by molar-refractivity contribution is 5.70. The smallest absolute Gasteiger partial charge is 0.308 e. The molecule has 0 amide bonds. The molecule has 1 aromatic rings. The van der Waals surface area contributed by atoms with Gasteiger partial charge in [-0.05, 0) is 23.6 Å². The van der Waals surface area contributed by atoms with Gasteiger partial charge in [0.05, 0.1) is 7.11 Å². The SMILES string of the molecule is COc1cc(C(C)C)ccc1OC(C)=O. The Morgan fingerprint density at radius 2 is 1.93 bits per heavy atom. The lowest BCUT2D eigenvalue weighted by molar-refractivity contribution is -0.132. The topological polar surface area (TPSA) is 35.5 Å². The molecule has 0 N–H and O–H groups in total. The van der Waals surface area contributed by atoms with E-state index in [-0.39, 0.29) is 5.97 Å². The van der Waals surface area contributed by atoms with Crippen LogP contribution >= 0.6 is 0 Å². The van der Waals surface area contributed by atoms with Crippen molar-refractivity contribution in [3.63, 3.8) is 0 Å². The van der Waals surface area contributed by atoms with E-state index in [0.29, 0.717) is 17.4 Å². The Hall–Kier alpha value is -1.51. The van der Waals surface area contributed by atoms with Crippen LogP contribution < -0.4 is 9.47 Å². The Labute approximate surface area is 90.0 Å². The molecular formula is C12H16O3. The molecule has 0 aliphatic heterocycles. The maximum Gasteiger partial charge on any atom is 0.308 e. The van der Waals surface area contributed by atoms with E-state index in [9.17, 15) is 4.79 Å². The predicted molar refractivity (Wildman–Crippen MR) is 58.4 cm³/mol. The summed E-state index contributed by atoms with van der Waals surface area (Å²) in [6.45, 7) is 5.57. The Morgan fingerprint density at radius 1 is 1.27 bits per heavy atom. The molecule has 1 rings (SSSR count). The van der Waals surface area contributed by atoms with E-state index in [1.165, 1.54) is 6.92 Å². The van der Waals surface area contributed by atoms with Crippen LogP contribution in [-0.4, -0.2) is 13.1 Å². The van der Waals surface area contributed by atoms with Gasteiger partial charge in [0.15, 0.2) is 11.5 Å². The molecule has 0 atom stereocenters. The third-order valence-electron chi connectivity index (χ3n) is 2.11. The van der Waals surface area contributed by atoms with E-state index < -0.39 is 0 Å². The van der Waals surface area contributed by atoms with Gasteiger partial charge < -0.3 is 9.47 Å². The Kier molecular flexibility index (Phi) is 3.72. The minimum atomic E-state index is -0.342. The van der Waals surface area contributed by atoms with Gasteiger partial charge in [-0.15, -0.1) is 0 Å². The lowest BCUT2D eigenvalue weighted by Gasteiger charge is -2.11. The van der Waals surface area contributed by atoms with E-state index in [0.717, 1.165) is 5.56 Å². The average Bonchev–Trinajstić information content (AvgIpc) is 2.17. The Bertz CT molecular complexity index is 356. The molecule has 0 radical (unpaired) electrons. The first-order valence-electron chi connectivity index (χ1n) is 4.91. The summed E-state index contributed by atoms with van der Waals surface area (Å²) in [5.41, 5.74) is 1.16. The van der Waals surface area contributed by atoms with Gasteiger partial charge in [0, 0.05) is 6.92 Å². The van der Waals surface area contributed by atoms with Crippen LogP contribution in [0.25, 0.3) is 0 Å². The first-order valence-corrected chi connectivity index (χ1v) is 4.91. The second kappa shape index (κ2) is 4.82. The Balaban J connectivity index is 3.03. The van der Waals surface area contributed by atoms with Crippen LogP contribution in [0.5, 0.6) is 11.5 Å². The van der Waals surface area contributed by atoms with E-state index in [1.807, 2.05) is 12.1 Å². The summed E-state index contributed by atoms with van der Waals surface area (Å²) in [6, 6.07) is 5.59. The quantitative estimate of drug-likeness (QED) is 0.566. The van der Waals surface area contributed by atoms with Gasteiger partial charge in [-0.2, -0.15) is 0 Å². The average molecular weight is 208 g/mol. The molecular weight excluding hydrogens is 192 g/mol. The molecule has 3 heteroatoms. The third kappa shape index (κ3) is 2.98. The predicted octanol–water partition coefficient (Wildman–Crippen LogP) is 2.74. The molecule has 15 heavy (non-hydrogen) atoms. The molecule has 0 fully saturated rings. The van der Waals surface area contributed by atoms with Crippen molar-refractivity contribution in [2.45, 2.75) is 26.7 Å². The fraction of sp³-hybridized carbons (Fsp3) is 0.417. The molecule has 0 aliphatic carbocycles. The zero-order valence-corrected chi connectivity index (χ0v) is 9.53. The standard InChI is InChI=1S/C12H16O3/c1-8(2)10-5-6-11(15-9(3)13)12(7-10)14-4/h5-8H,1-4H3. The third-order valence-corrected chi connectivity index (χ3v) is 2.11. The minimum Gasteiger partial charge on any atom is -0.493 e. The summed E-state index contributed by atoms with van der Waals surface area (Å²) in [4.78, 5) is 10.8. The summed E-state index contributed by atoms with van der Waals surface area (Å²) in [7, 11) is 1.56. The summed E-state index contributed by atoms with van der Waals surface area (Å²) in [5.74, 6) is 1.14. The lowest BCUT2D eigenvalue weighted by Crippen LogP contribution is -2.03. The summed E-state index contributed by atoms with van der Waals surface area (Å²) >= 11 is 0. The first-order chi connectivity index (χ1) is 7.04. The summed E-state index contributed by atoms with van der Waals surface area (Å²) in [6.07, 6.45) is 0. The number of rotatable bonds is 3. The van der Waals surface area contributed by atoms with Crippen LogP contribution in [0.3, 0.4) is 0 Å². The number of esters is 1. The van der Waals surface area contributed by atoms with Gasteiger partial charge in [0.25, 0.3) is 0 Å². The minimum absolute atomic E-state index is 0.342. The molecule has 3 nitrogen and oxygen atoms in total. The van der Waals surface area contributed by atoms with E-state index in [2.05, 4.69) is 13.8 Å². The molecule has 0 saturated carbocycles. The number of carbonyl (C=O) groups is 1. The highest BCUT2D eigenvalue weighted by Gasteiger charge is 2.09. The number of hydrogen-bond donors (Lipinski definition) is 0. The van der Waals surface area contributed by atoms with E-state index in [1.54, 1.807) is 13.2 Å². The largest absolute Gasteiger partial charge is 0.493 e. The van der Waals surface area contributed by atoms with Crippen LogP contribution in [0.15, 0.2) is 18.2 Å². The fourth-order valence-electron chi connectivity index (χ4n) is 1.28. The van der Waals surface area contributed by atoms with Crippen LogP contribution in [-0.2, 0) is 4.79 Å². The van der Waals surface area contributed by atoms with Crippen LogP contribution in [0.1, 0.15) is 32.3 Å². The molecule has 0 spiro atoms. The second-order valence-corrected chi connectivity index (χ2v) is 3.66. The van der Waals surface area contributed by atoms with Crippen LogP contribution in [0, 0.1) is 0 Å². The molecule has 1 aromatic carbocycles. The maximum absolute atomic E-state index is 10.8. The van der Waals surface area contributed by atoms with Crippen molar-refractivity contribution in [1.82, 2.24) is 0 Å². The molecule has 82 valence electrons. The van der Waals surface area contributed by atoms with Crippen molar-refractivity contribution >= 4 is 5.97 Å². The zero-order valence-electron chi connectivity index (χ0n) is 9.53. The van der Waals surface area contributed by atoms with Crippen molar-refractivity contribution in [1.29, 1.82) is 0 Å². The normalized spacial score (nSPS) is 10.2. The maximum atomic E-state index is 10.8. The van der Waals surface area contributed by atoms with E-state index >= 15 is 0 Å². The number of methoxy groups -OCH3 is 1. The molecule has 0 unspecified atom stereocenters. The number of ether oxygens (including phenoxy) is 2. The first kappa shape index (κ1) is 11.6. The Morgan fingerprint density at radius 3 is 2.40 bits per heavy atom. The van der Waals surface area contributed by atoms with Crippen molar-refractivity contribution in [3.05, 3.63) is 23.8 Å². The second-order valence-electron chi connectivity index (χ2n) is 3.66. The van der Waals surface area contributed by atoms with Crippen LogP contribution in [0.4, 0.5) is 0 Å². The monoisotopic (exact) mass is 208 g/mol. The summed E-state index contributed by atoms with van der Waals surface area (Å²) in [5, 5.41) is 0. The fourth-order valence-corrected chi connectivity index (χ4v) is 1.28. The van der Waals surface area contributed by atoms with Gasteiger partial charge in [-0.25, -0.2) is 0 Å². The van der Waals surface area contributed by atoms with Crippen molar-refractivity contribution in [2.75, 3.05) is 7.11 Å². The zero-order chi connectivity index (χ0) is 11.4. The highest BCUT2D eigenvalue weighted by Crippen LogP contribution is 2.30. The molecule has 0 saturated heterocycles. The highest BCUT2D eigenvalue weighted by atomic mass is 16.6. The van der Waals surface area contributed by atoms with Gasteiger partial charge in [-0.1, -0.05) is 19.9 Å².